The first-order valence-corrected chi connectivity index (χ1v) is 9.78. The van der Waals surface area contributed by atoms with Crippen LogP contribution in [0, 0.1) is 5.92 Å². The van der Waals surface area contributed by atoms with E-state index >= 15 is 0 Å². The van der Waals surface area contributed by atoms with Gasteiger partial charge in [0, 0.05) is 18.4 Å². The number of fused-ring (bicyclic) bond motifs is 1. The number of carbonyl (C=O) groups excluding carboxylic acids is 1. The molecule has 0 aliphatic carbocycles. The molecule has 27 heavy (non-hydrogen) atoms. The average molecular weight is 367 g/mol. The molecule has 1 N–H and O–H groups in total. The van der Waals surface area contributed by atoms with Crippen LogP contribution in [0.5, 0.6) is 0 Å². The minimum absolute atomic E-state index is 0.0368. The summed E-state index contributed by atoms with van der Waals surface area (Å²) in [5.74, 6) is 1.36. The van der Waals surface area contributed by atoms with Gasteiger partial charge < -0.3 is 14.5 Å². The van der Waals surface area contributed by atoms with E-state index in [1.807, 2.05) is 54.2 Å². The molecule has 2 atom stereocenters. The molecule has 0 fully saturated rings. The van der Waals surface area contributed by atoms with Crippen molar-refractivity contribution in [2.75, 3.05) is 0 Å². The number of imidazole rings is 1. The Balaban J connectivity index is 1.88. The van der Waals surface area contributed by atoms with Crippen molar-refractivity contribution >= 4 is 16.9 Å². The summed E-state index contributed by atoms with van der Waals surface area (Å²) in [6, 6.07) is 11.9. The first-order valence-electron chi connectivity index (χ1n) is 9.78. The molecule has 2 unspecified atom stereocenters. The van der Waals surface area contributed by atoms with Gasteiger partial charge in [-0.15, -0.1) is 0 Å². The van der Waals surface area contributed by atoms with Crippen LogP contribution in [0.15, 0.2) is 48.8 Å². The van der Waals surface area contributed by atoms with Crippen LogP contribution in [0.25, 0.3) is 11.0 Å². The van der Waals surface area contributed by atoms with Gasteiger partial charge in [0.15, 0.2) is 0 Å². The zero-order chi connectivity index (χ0) is 19.6. The lowest BCUT2D eigenvalue weighted by Crippen LogP contribution is -2.35. The topological polar surface area (TPSA) is 51.9 Å². The number of hydrogen-bond donors (Lipinski definition) is 1. The Labute approximate surface area is 161 Å². The minimum atomic E-state index is -0.209. The molecule has 0 saturated carbocycles. The van der Waals surface area contributed by atoms with Crippen molar-refractivity contribution in [2.24, 2.45) is 5.92 Å². The summed E-state index contributed by atoms with van der Waals surface area (Å²) in [4.78, 5) is 17.9. The third kappa shape index (κ3) is 4.07. The molecule has 2 aromatic heterocycles. The lowest BCUT2D eigenvalue weighted by Gasteiger charge is -2.24. The highest BCUT2D eigenvalue weighted by Crippen LogP contribution is 2.26. The highest BCUT2D eigenvalue weighted by molar-refractivity contribution is 5.81. The van der Waals surface area contributed by atoms with Gasteiger partial charge in [-0.05, 0) is 57.4 Å². The van der Waals surface area contributed by atoms with Crippen molar-refractivity contribution in [2.45, 2.75) is 59.2 Å². The summed E-state index contributed by atoms with van der Waals surface area (Å²) in [5, 5.41) is 3.20. The number of aromatic nitrogens is 3. The molecule has 0 radical (unpaired) electrons. The number of hydrogen-bond acceptors (Lipinski definition) is 2. The maximum atomic E-state index is 13.1. The van der Waals surface area contributed by atoms with E-state index in [1.54, 1.807) is 0 Å². The molecule has 0 spiro atoms. The monoisotopic (exact) mass is 366 g/mol. The molecule has 3 rings (SSSR count). The first-order chi connectivity index (χ1) is 12.9. The van der Waals surface area contributed by atoms with Crippen molar-refractivity contribution in [3.8, 4) is 0 Å². The summed E-state index contributed by atoms with van der Waals surface area (Å²) in [6.45, 7) is 10.6. The predicted molar refractivity (Wildman–Crippen MR) is 110 cm³/mol. The normalized spacial score (nSPS) is 14.0. The summed E-state index contributed by atoms with van der Waals surface area (Å²) in [6.07, 6.45) is 4.72. The molecule has 144 valence electrons. The Bertz CT molecular complexity index is 892. The van der Waals surface area contributed by atoms with Crippen LogP contribution in [0.2, 0.25) is 0 Å². The van der Waals surface area contributed by atoms with Crippen molar-refractivity contribution in [3.63, 3.8) is 0 Å². The number of nitrogens with one attached hydrogen (secondary N) is 1. The standard InChI is InChI=1S/C22H30N4O/c1-15(2)14-20(25-12-8-9-13-25)22(27)23-17(5)21-24-18-10-6-7-11-19(18)26(21)16(3)4/h6-13,15-17,20H,14H2,1-5H3,(H,23,27). The van der Waals surface area contributed by atoms with E-state index in [4.69, 9.17) is 4.98 Å². The quantitative estimate of drug-likeness (QED) is 0.648. The van der Waals surface area contributed by atoms with Gasteiger partial charge in [0.05, 0.1) is 17.1 Å². The van der Waals surface area contributed by atoms with Crippen molar-refractivity contribution in [3.05, 3.63) is 54.6 Å². The fraction of sp³-hybridized carbons (Fsp3) is 0.455. The van der Waals surface area contributed by atoms with Crippen LogP contribution >= 0.6 is 0 Å². The van der Waals surface area contributed by atoms with Gasteiger partial charge in [-0.2, -0.15) is 0 Å². The fourth-order valence-electron chi connectivity index (χ4n) is 3.65. The lowest BCUT2D eigenvalue weighted by atomic mass is 10.0. The molecule has 0 saturated heterocycles. The lowest BCUT2D eigenvalue weighted by molar-refractivity contribution is -0.125. The number of rotatable bonds is 7. The van der Waals surface area contributed by atoms with Crippen molar-refractivity contribution < 1.29 is 4.79 Å². The van der Waals surface area contributed by atoms with Crippen LogP contribution in [-0.4, -0.2) is 20.0 Å². The molecule has 1 amide bonds. The Morgan fingerprint density at radius 2 is 1.70 bits per heavy atom. The van der Waals surface area contributed by atoms with E-state index in [9.17, 15) is 4.79 Å². The van der Waals surface area contributed by atoms with E-state index < -0.39 is 0 Å². The Morgan fingerprint density at radius 3 is 2.33 bits per heavy atom. The SMILES string of the molecule is CC(C)CC(C(=O)NC(C)c1nc2ccccc2n1C(C)C)n1cccc1. The summed E-state index contributed by atoms with van der Waals surface area (Å²) < 4.78 is 4.21. The highest BCUT2D eigenvalue weighted by atomic mass is 16.2. The van der Waals surface area contributed by atoms with Crippen LogP contribution < -0.4 is 5.32 Å². The van der Waals surface area contributed by atoms with Gasteiger partial charge in [-0.3, -0.25) is 4.79 Å². The Hall–Kier alpha value is -2.56. The Kier molecular flexibility index (Phi) is 5.68. The summed E-state index contributed by atoms with van der Waals surface area (Å²) in [5.41, 5.74) is 2.07. The average Bonchev–Trinajstić information content (AvgIpc) is 3.26. The number of benzene rings is 1. The van der Waals surface area contributed by atoms with Gasteiger partial charge in [0.2, 0.25) is 5.91 Å². The maximum Gasteiger partial charge on any atom is 0.243 e. The second-order valence-corrected chi connectivity index (χ2v) is 7.93. The van der Waals surface area contributed by atoms with Crippen molar-refractivity contribution in [1.82, 2.24) is 19.4 Å². The van der Waals surface area contributed by atoms with Crippen LogP contribution in [0.3, 0.4) is 0 Å². The van der Waals surface area contributed by atoms with Gasteiger partial charge in [-0.25, -0.2) is 4.98 Å². The van der Waals surface area contributed by atoms with Crippen molar-refractivity contribution in [1.29, 1.82) is 0 Å². The zero-order valence-electron chi connectivity index (χ0n) is 16.9. The zero-order valence-corrected chi connectivity index (χ0v) is 16.9. The highest BCUT2D eigenvalue weighted by Gasteiger charge is 2.25. The fourth-order valence-corrected chi connectivity index (χ4v) is 3.65. The van der Waals surface area contributed by atoms with E-state index in [1.165, 1.54) is 0 Å². The molecule has 2 heterocycles. The van der Waals surface area contributed by atoms with Gasteiger partial charge in [0.1, 0.15) is 11.9 Å². The number of amides is 1. The van der Waals surface area contributed by atoms with Gasteiger partial charge in [0.25, 0.3) is 0 Å². The molecule has 0 aliphatic heterocycles. The second kappa shape index (κ2) is 7.99. The van der Waals surface area contributed by atoms with Gasteiger partial charge >= 0.3 is 0 Å². The van der Waals surface area contributed by atoms with Crippen LogP contribution in [0.1, 0.15) is 65.0 Å². The smallest absolute Gasteiger partial charge is 0.243 e. The first kappa shape index (κ1) is 19.2. The molecular formula is C22H30N4O. The van der Waals surface area contributed by atoms with E-state index in [0.717, 1.165) is 23.3 Å². The minimum Gasteiger partial charge on any atom is -0.345 e. The van der Waals surface area contributed by atoms with Gasteiger partial charge in [-0.1, -0.05) is 26.0 Å². The Morgan fingerprint density at radius 1 is 1.04 bits per heavy atom. The molecule has 3 aromatic rings. The molecule has 0 bridgehead atoms. The third-order valence-corrected chi connectivity index (χ3v) is 4.87. The third-order valence-electron chi connectivity index (χ3n) is 4.87. The van der Waals surface area contributed by atoms with Crippen LogP contribution in [-0.2, 0) is 4.79 Å². The molecule has 0 aliphatic rings. The predicted octanol–water partition coefficient (Wildman–Crippen LogP) is 4.88. The number of para-hydroxylation sites is 2. The van der Waals surface area contributed by atoms with E-state index in [-0.39, 0.29) is 24.0 Å². The molecule has 1 aromatic carbocycles. The second-order valence-electron chi connectivity index (χ2n) is 7.93. The molecular weight excluding hydrogens is 336 g/mol. The summed E-state index contributed by atoms with van der Waals surface area (Å²) >= 11 is 0. The number of nitrogens with zero attached hydrogens (tertiary/aromatic N) is 3. The largest absolute Gasteiger partial charge is 0.345 e. The maximum absolute atomic E-state index is 13.1. The summed E-state index contributed by atoms with van der Waals surface area (Å²) in [7, 11) is 0. The van der Waals surface area contributed by atoms with E-state index in [0.29, 0.717) is 5.92 Å². The van der Waals surface area contributed by atoms with E-state index in [2.05, 4.69) is 43.6 Å². The number of carbonyl (C=O) groups is 1. The van der Waals surface area contributed by atoms with Crippen LogP contribution in [0.4, 0.5) is 0 Å². The molecule has 5 heteroatoms. The molecule has 5 nitrogen and oxygen atoms in total.